The van der Waals surface area contributed by atoms with Gasteiger partial charge >= 0.3 is 0 Å². The van der Waals surface area contributed by atoms with Crippen molar-refractivity contribution in [2.45, 2.75) is 0 Å². The molecule has 1 aliphatic rings. The van der Waals surface area contributed by atoms with E-state index in [1.165, 1.54) is 16.3 Å². The van der Waals surface area contributed by atoms with E-state index < -0.39 is 0 Å². The fourth-order valence-corrected chi connectivity index (χ4v) is 6.40. The summed E-state index contributed by atoms with van der Waals surface area (Å²) in [5.74, 6) is 2.78. The van der Waals surface area contributed by atoms with E-state index >= 15 is 0 Å². The third-order valence-corrected chi connectivity index (χ3v) is 8.37. The minimum Gasteiger partial charge on any atom is -0.295 e. The molecule has 0 N–H and O–H groups in total. The highest BCUT2D eigenvalue weighted by Gasteiger charge is 2.31. The van der Waals surface area contributed by atoms with Crippen molar-refractivity contribution >= 4 is 39.1 Å². The summed E-state index contributed by atoms with van der Waals surface area (Å²) >= 11 is 0. The van der Waals surface area contributed by atoms with Gasteiger partial charge in [-0.25, -0.2) is 4.98 Å². The number of nitrogens with zero attached hydrogens (tertiary/aromatic N) is 5. The second-order valence-corrected chi connectivity index (χ2v) is 10.9. The molecule has 0 spiro atoms. The van der Waals surface area contributed by atoms with Gasteiger partial charge in [-0.3, -0.25) is 9.47 Å². The second kappa shape index (κ2) is 9.75. The van der Waals surface area contributed by atoms with Crippen LogP contribution in [0.3, 0.4) is 0 Å². The van der Waals surface area contributed by atoms with Gasteiger partial charge in [0.05, 0.1) is 16.9 Å². The largest absolute Gasteiger partial charge is 0.295 e. The number of fused-ring (bicyclic) bond motifs is 9. The first-order valence-corrected chi connectivity index (χ1v) is 14.7. The molecule has 0 aliphatic carbocycles. The molecule has 0 saturated carbocycles. The van der Waals surface area contributed by atoms with Crippen LogP contribution < -0.4 is 4.90 Å². The lowest BCUT2D eigenvalue weighted by Crippen LogP contribution is -2.17. The molecule has 2 aromatic heterocycles. The zero-order chi connectivity index (χ0) is 29.0. The van der Waals surface area contributed by atoms with E-state index in [-0.39, 0.29) is 0 Å². The number of benzene rings is 6. The molecule has 0 atom stereocenters. The van der Waals surface area contributed by atoms with Crippen LogP contribution in [0.1, 0.15) is 0 Å². The maximum Gasteiger partial charge on any atom is 0.239 e. The Bertz CT molecular complexity index is 2280. The van der Waals surface area contributed by atoms with Crippen molar-refractivity contribution in [2.24, 2.45) is 0 Å². The molecule has 0 fully saturated rings. The van der Waals surface area contributed by atoms with E-state index in [0.29, 0.717) is 17.6 Å². The summed E-state index contributed by atoms with van der Waals surface area (Å²) in [5, 5.41) is 3.55. The molecule has 1 aliphatic heterocycles. The van der Waals surface area contributed by atoms with E-state index in [9.17, 15) is 0 Å². The van der Waals surface area contributed by atoms with E-state index in [2.05, 4.69) is 100 Å². The van der Waals surface area contributed by atoms with Crippen molar-refractivity contribution in [2.75, 3.05) is 4.90 Å². The predicted octanol–water partition coefficient (Wildman–Crippen LogP) is 9.75. The molecule has 0 amide bonds. The Hall–Kier alpha value is -6.07. The number of rotatable bonds is 3. The minimum absolute atomic E-state index is 0.561. The smallest absolute Gasteiger partial charge is 0.239 e. The number of anilines is 3. The minimum atomic E-state index is 0.561. The first kappa shape index (κ1) is 24.5. The summed E-state index contributed by atoms with van der Waals surface area (Å²) < 4.78 is 2.35. The molecular formula is C39H25N5. The summed E-state index contributed by atoms with van der Waals surface area (Å²) in [6, 6.07) is 52.7. The molecule has 3 heterocycles. The molecule has 8 aromatic rings. The Balaban J connectivity index is 1.41. The van der Waals surface area contributed by atoms with Crippen molar-refractivity contribution < 1.29 is 0 Å². The molecule has 5 nitrogen and oxygen atoms in total. The van der Waals surface area contributed by atoms with E-state index in [1.807, 2.05) is 60.7 Å². The van der Waals surface area contributed by atoms with Gasteiger partial charge in [-0.2, -0.15) is 9.97 Å². The standard InChI is InChI=1S/C39H25N5/c1-3-14-27(15-4-1)37-40-38(28-16-5-2-6-17-28)42-39(41-37)44-33-22-12-10-20-31(33)36-30-19-9-7-13-26(30)23-24-34(36)43-32-21-11-8-18-29(32)25-35(43)44/h1-25H. The van der Waals surface area contributed by atoms with Crippen molar-refractivity contribution in [3.8, 4) is 39.6 Å². The SMILES string of the molecule is c1ccc(-c2nc(-c3ccccc3)nc(N3c4ccccc4-c4c(ccc5ccccc45)-n4c3cc3ccccc34)n2)cc1. The van der Waals surface area contributed by atoms with E-state index in [0.717, 1.165) is 44.8 Å². The Kier molecular flexibility index (Phi) is 5.43. The van der Waals surface area contributed by atoms with Gasteiger partial charge in [0.1, 0.15) is 5.82 Å². The van der Waals surface area contributed by atoms with Crippen LogP contribution in [0.15, 0.2) is 152 Å². The van der Waals surface area contributed by atoms with E-state index in [4.69, 9.17) is 15.0 Å². The summed E-state index contributed by atoms with van der Waals surface area (Å²) in [4.78, 5) is 17.5. The predicted molar refractivity (Wildman–Crippen MR) is 179 cm³/mol. The van der Waals surface area contributed by atoms with Crippen LogP contribution in [0, 0.1) is 0 Å². The maximum absolute atomic E-state index is 5.18. The lowest BCUT2D eigenvalue weighted by Gasteiger charge is -2.24. The molecule has 5 heteroatoms. The van der Waals surface area contributed by atoms with Gasteiger partial charge in [-0.05, 0) is 35.0 Å². The molecule has 9 rings (SSSR count). The van der Waals surface area contributed by atoms with Crippen molar-refractivity contribution in [1.29, 1.82) is 0 Å². The van der Waals surface area contributed by atoms with Crippen LogP contribution in [0.25, 0.3) is 61.3 Å². The zero-order valence-corrected chi connectivity index (χ0v) is 23.7. The highest BCUT2D eigenvalue weighted by atomic mass is 15.3. The molecular weight excluding hydrogens is 538 g/mol. The molecule has 0 saturated heterocycles. The molecule has 206 valence electrons. The van der Waals surface area contributed by atoms with Gasteiger partial charge in [0.2, 0.25) is 5.95 Å². The topological polar surface area (TPSA) is 46.8 Å². The summed E-state index contributed by atoms with van der Waals surface area (Å²) in [6.45, 7) is 0. The third kappa shape index (κ3) is 3.76. The Morgan fingerprint density at radius 2 is 1.07 bits per heavy atom. The normalized spacial score (nSPS) is 12.0. The first-order chi connectivity index (χ1) is 21.8. The molecule has 0 unspecified atom stereocenters. The molecule has 0 radical (unpaired) electrons. The molecule has 0 bridgehead atoms. The summed E-state index contributed by atoms with van der Waals surface area (Å²) in [5.41, 5.74) is 7.43. The van der Waals surface area contributed by atoms with Crippen molar-refractivity contribution in [1.82, 2.24) is 19.5 Å². The Morgan fingerprint density at radius 3 is 1.82 bits per heavy atom. The van der Waals surface area contributed by atoms with Gasteiger partial charge < -0.3 is 0 Å². The Morgan fingerprint density at radius 1 is 0.455 bits per heavy atom. The lowest BCUT2D eigenvalue weighted by molar-refractivity contribution is 0.995. The number of hydrogen-bond donors (Lipinski definition) is 0. The van der Waals surface area contributed by atoms with Gasteiger partial charge in [0.15, 0.2) is 11.6 Å². The fraction of sp³-hybridized carbons (Fsp3) is 0. The maximum atomic E-state index is 5.18. The monoisotopic (exact) mass is 563 g/mol. The van der Waals surface area contributed by atoms with Crippen LogP contribution in [-0.2, 0) is 0 Å². The van der Waals surface area contributed by atoms with Gasteiger partial charge in [0.25, 0.3) is 0 Å². The van der Waals surface area contributed by atoms with Crippen LogP contribution in [0.2, 0.25) is 0 Å². The summed E-state index contributed by atoms with van der Waals surface area (Å²) in [7, 11) is 0. The summed E-state index contributed by atoms with van der Waals surface area (Å²) in [6.07, 6.45) is 0. The zero-order valence-electron chi connectivity index (χ0n) is 23.7. The van der Waals surface area contributed by atoms with Gasteiger partial charge in [-0.15, -0.1) is 0 Å². The Labute approximate surface area is 254 Å². The second-order valence-electron chi connectivity index (χ2n) is 10.9. The van der Waals surface area contributed by atoms with E-state index in [1.54, 1.807) is 0 Å². The third-order valence-electron chi connectivity index (χ3n) is 8.37. The van der Waals surface area contributed by atoms with Crippen molar-refractivity contribution in [3.05, 3.63) is 152 Å². The van der Waals surface area contributed by atoms with Gasteiger partial charge in [0, 0.05) is 27.6 Å². The number of para-hydroxylation sites is 2. The quantitative estimate of drug-likeness (QED) is 0.215. The van der Waals surface area contributed by atoms with Crippen molar-refractivity contribution in [3.63, 3.8) is 0 Å². The van der Waals surface area contributed by atoms with Crippen LogP contribution in [0.4, 0.5) is 17.5 Å². The van der Waals surface area contributed by atoms with Crippen LogP contribution in [0.5, 0.6) is 0 Å². The van der Waals surface area contributed by atoms with Crippen LogP contribution >= 0.6 is 0 Å². The lowest BCUT2D eigenvalue weighted by atomic mass is 9.95. The highest BCUT2D eigenvalue weighted by molar-refractivity contribution is 6.08. The molecule has 6 aromatic carbocycles. The average Bonchev–Trinajstić information content (AvgIpc) is 3.42. The van der Waals surface area contributed by atoms with Crippen LogP contribution in [-0.4, -0.2) is 19.5 Å². The van der Waals surface area contributed by atoms with Gasteiger partial charge in [-0.1, -0.05) is 127 Å². The highest BCUT2D eigenvalue weighted by Crippen LogP contribution is 2.50. The first-order valence-electron chi connectivity index (χ1n) is 14.7. The average molecular weight is 564 g/mol. The fourth-order valence-electron chi connectivity index (χ4n) is 6.40. The molecule has 44 heavy (non-hydrogen) atoms. The number of hydrogen-bond acceptors (Lipinski definition) is 4. The number of aromatic nitrogens is 4.